The third-order valence-corrected chi connectivity index (χ3v) is 3.32. The molecule has 2 rings (SSSR count). The van der Waals surface area contributed by atoms with Gasteiger partial charge in [0.25, 0.3) is 0 Å². The standard InChI is InChI=1S/C12H17N/c1-12(7-8-12)11(9-13)10-5-3-2-4-6-10/h2-6,11H,7-9,13H2,1H3. The van der Waals surface area contributed by atoms with Crippen LogP contribution in [0.5, 0.6) is 0 Å². The van der Waals surface area contributed by atoms with E-state index in [9.17, 15) is 0 Å². The zero-order valence-corrected chi connectivity index (χ0v) is 8.16. The third-order valence-electron chi connectivity index (χ3n) is 3.32. The van der Waals surface area contributed by atoms with Crippen LogP contribution in [0.25, 0.3) is 0 Å². The van der Waals surface area contributed by atoms with Crippen LogP contribution < -0.4 is 5.73 Å². The van der Waals surface area contributed by atoms with Crippen molar-refractivity contribution in [2.24, 2.45) is 11.1 Å². The predicted molar refractivity (Wildman–Crippen MR) is 55.6 cm³/mol. The first-order valence-corrected chi connectivity index (χ1v) is 5.01. The van der Waals surface area contributed by atoms with Crippen molar-refractivity contribution in [3.8, 4) is 0 Å². The molecule has 1 saturated carbocycles. The second-order valence-corrected chi connectivity index (χ2v) is 4.35. The number of nitrogens with two attached hydrogens (primary N) is 1. The van der Waals surface area contributed by atoms with Crippen molar-refractivity contribution in [3.63, 3.8) is 0 Å². The molecule has 0 saturated heterocycles. The molecule has 1 aliphatic carbocycles. The van der Waals surface area contributed by atoms with Crippen molar-refractivity contribution < 1.29 is 0 Å². The molecule has 0 bridgehead atoms. The molecule has 0 aromatic heterocycles. The summed E-state index contributed by atoms with van der Waals surface area (Å²) in [5.74, 6) is 0.564. The Hall–Kier alpha value is -0.820. The maximum absolute atomic E-state index is 5.83. The first kappa shape index (κ1) is 8.76. The highest BCUT2D eigenvalue weighted by Crippen LogP contribution is 2.55. The number of rotatable bonds is 3. The fourth-order valence-corrected chi connectivity index (χ4v) is 2.05. The Labute approximate surface area is 80.0 Å². The smallest absolute Gasteiger partial charge is 0.00151 e. The maximum Gasteiger partial charge on any atom is 0.00151 e. The minimum atomic E-state index is 0.496. The van der Waals surface area contributed by atoms with Crippen molar-refractivity contribution in [1.82, 2.24) is 0 Å². The molecule has 0 heterocycles. The molecule has 1 fully saturated rings. The van der Waals surface area contributed by atoms with Gasteiger partial charge in [0, 0.05) is 5.92 Å². The molecule has 1 aromatic rings. The normalized spacial score (nSPS) is 21.1. The van der Waals surface area contributed by atoms with Gasteiger partial charge in [0.1, 0.15) is 0 Å². The van der Waals surface area contributed by atoms with E-state index < -0.39 is 0 Å². The van der Waals surface area contributed by atoms with Crippen molar-refractivity contribution in [2.45, 2.75) is 25.7 Å². The van der Waals surface area contributed by atoms with E-state index in [-0.39, 0.29) is 0 Å². The lowest BCUT2D eigenvalue weighted by atomic mass is 9.85. The molecule has 70 valence electrons. The number of hydrogen-bond acceptors (Lipinski definition) is 1. The third kappa shape index (κ3) is 1.61. The van der Waals surface area contributed by atoms with E-state index in [4.69, 9.17) is 5.73 Å². The molecular formula is C12H17N. The fraction of sp³-hybridized carbons (Fsp3) is 0.500. The lowest BCUT2D eigenvalue weighted by Crippen LogP contribution is -2.20. The molecule has 1 atom stereocenters. The second kappa shape index (κ2) is 3.15. The Morgan fingerprint density at radius 1 is 1.31 bits per heavy atom. The van der Waals surface area contributed by atoms with Gasteiger partial charge in [0.15, 0.2) is 0 Å². The lowest BCUT2D eigenvalue weighted by Gasteiger charge is -2.22. The lowest BCUT2D eigenvalue weighted by molar-refractivity contribution is 0.446. The molecule has 1 nitrogen and oxygen atoms in total. The van der Waals surface area contributed by atoms with E-state index >= 15 is 0 Å². The zero-order chi connectivity index (χ0) is 9.31. The monoisotopic (exact) mass is 175 g/mol. The Morgan fingerprint density at radius 3 is 2.38 bits per heavy atom. The minimum absolute atomic E-state index is 0.496. The summed E-state index contributed by atoms with van der Waals surface area (Å²) < 4.78 is 0. The predicted octanol–water partition coefficient (Wildman–Crippen LogP) is 2.53. The quantitative estimate of drug-likeness (QED) is 0.750. The summed E-state index contributed by atoms with van der Waals surface area (Å²) in [7, 11) is 0. The molecule has 0 amide bonds. The maximum atomic E-state index is 5.83. The number of hydrogen-bond donors (Lipinski definition) is 1. The van der Waals surface area contributed by atoms with E-state index in [2.05, 4.69) is 37.3 Å². The second-order valence-electron chi connectivity index (χ2n) is 4.35. The Bertz CT molecular complexity index is 274. The molecule has 0 spiro atoms. The van der Waals surface area contributed by atoms with Gasteiger partial charge in [-0.1, -0.05) is 37.3 Å². The van der Waals surface area contributed by atoms with Crippen LogP contribution in [-0.2, 0) is 0 Å². The summed E-state index contributed by atoms with van der Waals surface area (Å²) in [5, 5.41) is 0. The van der Waals surface area contributed by atoms with E-state index in [1.54, 1.807) is 0 Å². The van der Waals surface area contributed by atoms with Gasteiger partial charge in [-0.25, -0.2) is 0 Å². The number of benzene rings is 1. The minimum Gasteiger partial charge on any atom is -0.330 e. The van der Waals surface area contributed by atoms with Crippen molar-refractivity contribution in [3.05, 3.63) is 35.9 Å². The highest BCUT2D eigenvalue weighted by molar-refractivity contribution is 5.24. The van der Waals surface area contributed by atoms with Gasteiger partial charge in [-0.2, -0.15) is 0 Å². The summed E-state index contributed by atoms with van der Waals surface area (Å²) in [6.07, 6.45) is 2.67. The van der Waals surface area contributed by atoms with Gasteiger partial charge < -0.3 is 5.73 Å². The summed E-state index contributed by atoms with van der Waals surface area (Å²) >= 11 is 0. The molecule has 1 unspecified atom stereocenters. The van der Waals surface area contributed by atoms with E-state index in [1.165, 1.54) is 18.4 Å². The van der Waals surface area contributed by atoms with Gasteiger partial charge in [-0.3, -0.25) is 0 Å². The highest BCUT2D eigenvalue weighted by Gasteiger charge is 2.44. The molecular weight excluding hydrogens is 158 g/mol. The van der Waals surface area contributed by atoms with Crippen LogP contribution in [0.3, 0.4) is 0 Å². The van der Waals surface area contributed by atoms with Crippen LogP contribution in [0.4, 0.5) is 0 Å². The molecule has 2 N–H and O–H groups in total. The first-order chi connectivity index (χ1) is 6.26. The molecule has 0 radical (unpaired) electrons. The molecule has 1 aliphatic rings. The van der Waals surface area contributed by atoms with Crippen LogP contribution in [0.1, 0.15) is 31.2 Å². The zero-order valence-electron chi connectivity index (χ0n) is 8.16. The SMILES string of the molecule is CC1(C(CN)c2ccccc2)CC1. The van der Waals surface area contributed by atoms with Gasteiger partial charge in [0.2, 0.25) is 0 Å². The van der Waals surface area contributed by atoms with Crippen LogP contribution in [0.2, 0.25) is 0 Å². The summed E-state index contributed by atoms with van der Waals surface area (Å²) in [4.78, 5) is 0. The average molecular weight is 175 g/mol. The van der Waals surface area contributed by atoms with Crippen LogP contribution >= 0.6 is 0 Å². The molecule has 1 aromatic carbocycles. The van der Waals surface area contributed by atoms with E-state index in [0.717, 1.165) is 6.54 Å². The summed E-state index contributed by atoms with van der Waals surface area (Å²) in [6.45, 7) is 3.12. The van der Waals surface area contributed by atoms with Crippen LogP contribution in [-0.4, -0.2) is 6.54 Å². The van der Waals surface area contributed by atoms with Crippen LogP contribution in [0.15, 0.2) is 30.3 Å². The Morgan fingerprint density at radius 2 is 1.92 bits per heavy atom. The van der Waals surface area contributed by atoms with Gasteiger partial charge in [0.05, 0.1) is 0 Å². The largest absolute Gasteiger partial charge is 0.330 e. The summed E-state index contributed by atoms with van der Waals surface area (Å²) in [5.41, 5.74) is 7.73. The van der Waals surface area contributed by atoms with E-state index in [1.807, 2.05) is 0 Å². The topological polar surface area (TPSA) is 26.0 Å². The van der Waals surface area contributed by atoms with Gasteiger partial charge in [-0.15, -0.1) is 0 Å². The Kier molecular flexibility index (Phi) is 2.12. The van der Waals surface area contributed by atoms with Crippen LogP contribution in [0, 0.1) is 5.41 Å². The average Bonchev–Trinajstić information content (AvgIpc) is 2.87. The van der Waals surface area contributed by atoms with E-state index in [0.29, 0.717) is 11.3 Å². The first-order valence-electron chi connectivity index (χ1n) is 5.01. The molecule has 13 heavy (non-hydrogen) atoms. The van der Waals surface area contributed by atoms with Crippen molar-refractivity contribution in [1.29, 1.82) is 0 Å². The fourth-order valence-electron chi connectivity index (χ4n) is 2.05. The molecule has 0 aliphatic heterocycles. The highest BCUT2D eigenvalue weighted by atomic mass is 14.6. The van der Waals surface area contributed by atoms with Gasteiger partial charge in [-0.05, 0) is 30.4 Å². The van der Waals surface area contributed by atoms with Crippen molar-refractivity contribution >= 4 is 0 Å². The van der Waals surface area contributed by atoms with Crippen molar-refractivity contribution in [2.75, 3.05) is 6.54 Å². The molecule has 1 heteroatoms. The Balaban J connectivity index is 2.23. The van der Waals surface area contributed by atoms with Gasteiger partial charge >= 0.3 is 0 Å². The summed E-state index contributed by atoms with van der Waals surface area (Å²) in [6, 6.07) is 10.7.